The largest absolute Gasteiger partial charge is 0.384 e. The second-order valence-corrected chi connectivity index (χ2v) is 6.25. The maximum absolute atomic E-state index is 11.0. The summed E-state index contributed by atoms with van der Waals surface area (Å²) in [5.41, 5.74) is 0.0602. The first-order valence-electron chi connectivity index (χ1n) is 5.83. The number of halogens is 1. The van der Waals surface area contributed by atoms with Crippen LogP contribution in [0.15, 0.2) is 39.5 Å². The molecule has 0 spiro atoms. The molecule has 20 heavy (non-hydrogen) atoms. The van der Waals surface area contributed by atoms with Crippen molar-refractivity contribution in [2.24, 2.45) is 0 Å². The number of rotatable bonds is 5. The Morgan fingerprint density at radius 1 is 1.50 bits per heavy atom. The fourth-order valence-corrected chi connectivity index (χ4v) is 2.88. The van der Waals surface area contributed by atoms with Crippen molar-refractivity contribution in [3.8, 4) is 0 Å². The normalized spacial score (nSPS) is 13.8. The first kappa shape index (κ1) is 15.0. The van der Waals surface area contributed by atoms with Crippen LogP contribution in [0.25, 0.3) is 0 Å². The van der Waals surface area contributed by atoms with Crippen LogP contribution in [0.1, 0.15) is 12.5 Å². The summed E-state index contributed by atoms with van der Waals surface area (Å²) >= 11 is 4.70. The molecule has 2 rings (SSSR count). The van der Waals surface area contributed by atoms with E-state index in [1.807, 2.05) is 16.8 Å². The van der Waals surface area contributed by atoms with Gasteiger partial charge in [0.15, 0.2) is 0 Å². The van der Waals surface area contributed by atoms with Crippen LogP contribution in [0.3, 0.4) is 0 Å². The standard InChI is InChI=1S/C13H13BrN2O3S/c1-13(17,9-4-5-20-7-9)8-15-11-3-2-10(14)6-12(11)16(18)19/h2-7,15,17H,8H2,1H3. The van der Waals surface area contributed by atoms with Crippen molar-refractivity contribution in [2.75, 3.05) is 11.9 Å². The number of nitro benzene ring substituents is 1. The predicted molar refractivity (Wildman–Crippen MR) is 83.2 cm³/mol. The van der Waals surface area contributed by atoms with E-state index < -0.39 is 10.5 Å². The summed E-state index contributed by atoms with van der Waals surface area (Å²) in [6, 6.07) is 6.60. The second kappa shape index (κ2) is 5.90. The van der Waals surface area contributed by atoms with E-state index >= 15 is 0 Å². The lowest BCUT2D eigenvalue weighted by atomic mass is 9.99. The highest BCUT2D eigenvalue weighted by atomic mass is 79.9. The zero-order valence-electron chi connectivity index (χ0n) is 10.7. The fourth-order valence-electron chi connectivity index (χ4n) is 1.75. The van der Waals surface area contributed by atoms with Gasteiger partial charge in [-0.25, -0.2) is 0 Å². The first-order valence-corrected chi connectivity index (χ1v) is 7.56. The minimum atomic E-state index is -1.08. The Bertz CT molecular complexity index is 614. The van der Waals surface area contributed by atoms with E-state index in [1.165, 1.54) is 17.4 Å². The zero-order chi connectivity index (χ0) is 14.8. The van der Waals surface area contributed by atoms with E-state index in [4.69, 9.17) is 0 Å². The van der Waals surface area contributed by atoms with Crippen molar-refractivity contribution >= 4 is 38.6 Å². The van der Waals surface area contributed by atoms with Gasteiger partial charge in [-0.3, -0.25) is 10.1 Å². The van der Waals surface area contributed by atoms with Crippen LogP contribution in [0.2, 0.25) is 0 Å². The molecule has 0 radical (unpaired) electrons. The van der Waals surface area contributed by atoms with Crippen molar-refractivity contribution in [3.05, 3.63) is 55.2 Å². The van der Waals surface area contributed by atoms with Gasteiger partial charge in [0.1, 0.15) is 11.3 Å². The van der Waals surface area contributed by atoms with Gasteiger partial charge in [0.05, 0.1) is 4.92 Å². The number of nitrogens with one attached hydrogen (secondary N) is 1. The Kier molecular flexibility index (Phi) is 4.42. The molecular weight excluding hydrogens is 344 g/mol. The van der Waals surface area contributed by atoms with Gasteiger partial charge < -0.3 is 10.4 Å². The molecule has 1 heterocycles. The maximum Gasteiger partial charge on any atom is 0.293 e. The van der Waals surface area contributed by atoms with Crippen LogP contribution in [0.4, 0.5) is 11.4 Å². The quantitative estimate of drug-likeness (QED) is 0.631. The molecule has 2 aromatic rings. The molecule has 5 nitrogen and oxygen atoms in total. The van der Waals surface area contributed by atoms with E-state index in [0.29, 0.717) is 10.2 Å². The molecule has 0 aliphatic rings. The highest BCUT2D eigenvalue weighted by Crippen LogP contribution is 2.30. The zero-order valence-corrected chi connectivity index (χ0v) is 13.1. The van der Waals surface area contributed by atoms with Crippen molar-refractivity contribution < 1.29 is 10.0 Å². The van der Waals surface area contributed by atoms with Gasteiger partial charge in [-0.15, -0.1) is 0 Å². The molecule has 1 aromatic carbocycles. The lowest BCUT2D eigenvalue weighted by Gasteiger charge is -2.23. The Balaban J connectivity index is 2.17. The molecule has 1 unspecified atom stereocenters. The number of benzene rings is 1. The van der Waals surface area contributed by atoms with Crippen LogP contribution in [0.5, 0.6) is 0 Å². The number of hydrogen-bond donors (Lipinski definition) is 2. The van der Waals surface area contributed by atoms with Crippen LogP contribution >= 0.6 is 27.3 Å². The minimum absolute atomic E-state index is 0.0273. The summed E-state index contributed by atoms with van der Waals surface area (Å²) in [6.45, 7) is 1.86. The van der Waals surface area contributed by atoms with Gasteiger partial charge >= 0.3 is 0 Å². The molecule has 0 amide bonds. The third-order valence-electron chi connectivity index (χ3n) is 2.92. The van der Waals surface area contributed by atoms with Crippen LogP contribution in [0, 0.1) is 10.1 Å². The average Bonchev–Trinajstić information content (AvgIpc) is 2.91. The van der Waals surface area contributed by atoms with Gasteiger partial charge in [-0.1, -0.05) is 15.9 Å². The Morgan fingerprint density at radius 2 is 2.25 bits per heavy atom. The molecule has 0 saturated carbocycles. The molecule has 0 bridgehead atoms. The van der Waals surface area contributed by atoms with Crippen molar-refractivity contribution in [3.63, 3.8) is 0 Å². The number of thiophene rings is 1. The van der Waals surface area contributed by atoms with Gasteiger partial charge in [0.25, 0.3) is 5.69 Å². The Morgan fingerprint density at radius 3 is 2.85 bits per heavy atom. The second-order valence-electron chi connectivity index (χ2n) is 4.56. The number of nitro groups is 1. The molecule has 1 atom stereocenters. The highest BCUT2D eigenvalue weighted by molar-refractivity contribution is 9.10. The van der Waals surface area contributed by atoms with Crippen molar-refractivity contribution in [2.45, 2.75) is 12.5 Å². The van der Waals surface area contributed by atoms with E-state index in [-0.39, 0.29) is 12.2 Å². The van der Waals surface area contributed by atoms with E-state index in [9.17, 15) is 15.2 Å². The van der Waals surface area contributed by atoms with E-state index in [0.717, 1.165) is 5.56 Å². The Labute approximate surface area is 128 Å². The maximum atomic E-state index is 11.0. The molecule has 7 heteroatoms. The summed E-state index contributed by atoms with van der Waals surface area (Å²) in [5, 5.41) is 28.1. The van der Waals surface area contributed by atoms with Gasteiger partial charge in [-0.05, 0) is 41.4 Å². The third-order valence-corrected chi connectivity index (χ3v) is 4.10. The third kappa shape index (κ3) is 3.36. The SMILES string of the molecule is CC(O)(CNc1ccc(Br)cc1[N+](=O)[O-])c1ccsc1. The number of aliphatic hydroxyl groups is 1. The van der Waals surface area contributed by atoms with Crippen LogP contribution in [-0.4, -0.2) is 16.6 Å². The average molecular weight is 357 g/mol. The van der Waals surface area contributed by atoms with Crippen molar-refractivity contribution in [1.29, 1.82) is 0 Å². The fraction of sp³-hybridized carbons (Fsp3) is 0.231. The molecule has 0 fully saturated rings. The summed E-state index contributed by atoms with van der Waals surface area (Å²) in [5.74, 6) is 0. The van der Waals surface area contributed by atoms with Crippen molar-refractivity contribution in [1.82, 2.24) is 0 Å². The summed E-state index contributed by atoms with van der Waals surface area (Å²) < 4.78 is 0.638. The minimum Gasteiger partial charge on any atom is -0.384 e. The lowest BCUT2D eigenvalue weighted by molar-refractivity contribution is -0.384. The number of nitrogens with zero attached hydrogens (tertiary/aromatic N) is 1. The van der Waals surface area contributed by atoms with Crippen LogP contribution < -0.4 is 5.32 Å². The number of hydrogen-bond acceptors (Lipinski definition) is 5. The highest BCUT2D eigenvalue weighted by Gasteiger charge is 2.24. The monoisotopic (exact) mass is 356 g/mol. The molecular formula is C13H13BrN2O3S. The topological polar surface area (TPSA) is 75.4 Å². The van der Waals surface area contributed by atoms with E-state index in [2.05, 4.69) is 21.2 Å². The molecule has 0 aliphatic carbocycles. The summed E-state index contributed by atoms with van der Waals surface area (Å²) in [6.07, 6.45) is 0. The van der Waals surface area contributed by atoms with Gasteiger partial charge in [0.2, 0.25) is 0 Å². The summed E-state index contributed by atoms with van der Waals surface area (Å²) in [7, 11) is 0. The lowest BCUT2D eigenvalue weighted by Crippen LogP contribution is -2.30. The first-order chi connectivity index (χ1) is 9.40. The van der Waals surface area contributed by atoms with Crippen LogP contribution in [-0.2, 0) is 5.60 Å². The van der Waals surface area contributed by atoms with Gasteiger partial charge in [-0.2, -0.15) is 11.3 Å². The molecule has 0 aliphatic heterocycles. The predicted octanol–water partition coefficient (Wildman–Crippen LogP) is 3.74. The van der Waals surface area contributed by atoms with Gasteiger partial charge in [0, 0.05) is 17.1 Å². The Hall–Kier alpha value is -1.44. The van der Waals surface area contributed by atoms with E-state index in [1.54, 1.807) is 19.1 Å². The molecule has 2 N–H and O–H groups in total. The molecule has 0 saturated heterocycles. The number of anilines is 1. The molecule has 1 aromatic heterocycles. The summed E-state index contributed by atoms with van der Waals surface area (Å²) in [4.78, 5) is 10.6. The smallest absolute Gasteiger partial charge is 0.293 e. The molecule has 106 valence electrons.